The van der Waals surface area contributed by atoms with E-state index in [0.29, 0.717) is 42.6 Å². The Hall–Kier alpha value is -3.42. The summed E-state index contributed by atoms with van der Waals surface area (Å²) in [5, 5.41) is 17.7. The van der Waals surface area contributed by atoms with Gasteiger partial charge in [-0.3, -0.25) is 19.7 Å². The van der Waals surface area contributed by atoms with Crippen LogP contribution in [0.3, 0.4) is 0 Å². The Morgan fingerprint density at radius 3 is 2.52 bits per heavy atom. The van der Waals surface area contributed by atoms with E-state index in [1.54, 1.807) is 24.0 Å². The number of benzene rings is 2. The average molecular weight is 394 g/mol. The van der Waals surface area contributed by atoms with Gasteiger partial charge in [0, 0.05) is 48.8 Å². The second kappa shape index (κ2) is 6.88. The number of aryl methyl sites for hydroxylation is 2. The van der Waals surface area contributed by atoms with E-state index in [2.05, 4.69) is 10.6 Å². The molecule has 2 amide bonds. The number of hydrogen-bond donors (Lipinski definition) is 2. The number of rotatable bonds is 2. The highest BCUT2D eigenvalue weighted by Gasteiger charge is 2.41. The smallest absolute Gasteiger partial charge is 0.273 e. The molecule has 1 spiro atoms. The summed E-state index contributed by atoms with van der Waals surface area (Å²) in [7, 11) is 0. The second-order valence-corrected chi connectivity index (χ2v) is 7.71. The highest BCUT2D eigenvalue weighted by molar-refractivity contribution is 6.03. The topological polar surface area (TPSA) is 105 Å². The molecule has 0 atom stereocenters. The Morgan fingerprint density at radius 1 is 1.10 bits per heavy atom. The summed E-state index contributed by atoms with van der Waals surface area (Å²) in [6.45, 7) is 4.43. The molecule has 1 saturated heterocycles. The van der Waals surface area contributed by atoms with Crippen LogP contribution in [-0.2, 0) is 0 Å². The zero-order valence-corrected chi connectivity index (χ0v) is 16.3. The molecule has 2 aliphatic rings. The molecule has 4 rings (SSSR count). The molecule has 0 unspecified atom stereocenters. The number of carbonyl (C=O) groups excluding carboxylic acids is 2. The average Bonchev–Trinajstić information content (AvgIpc) is 2.68. The third kappa shape index (κ3) is 3.30. The maximum absolute atomic E-state index is 12.9. The maximum atomic E-state index is 12.9. The number of fused-ring (bicyclic) bond motifs is 1. The summed E-state index contributed by atoms with van der Waals surface area (Å²) < 4.78 is 0. The molecule has 2 aromatic rings. The van der Waals surface area contributed by atoms with Gasteiger partial charge in [-0.2, -0.15) is 0 Å². The van der Waals surface area contributed by atoms with Gasteiger partial charge in [0.25, 0.3) is 17.5 Å². The van der Waals surface area contributed by atoms with Crippen LogP contribution in [0.5, 0.6) is 0 Å². The maximum Gasteiger partial charge on any atom is 0.273 e. The van der Waals surface area contributed by atoms with Gasteiger partial charge in [0.05, 0.1) is 10.5 Å². The lowest BCUT2D eigenvalue weighted by atomic mass is 9.91. The van der Waals surface area contributed by atoms with Gasteiger partial charge in [0.1, 0.15) is 5.66 Å². The van der Waals surface area contributed by atoms with E-state index in [-0.39, 0.29) is 17.5 Å². The van der Waals surface area contributed by atoms with Gasteiger partial charge in [0.2, 0.25) is 0 Å². The number of amides is 2. The molecule has 0 radical (unpaired) electrons. The minimum absolute atomic E-state index is 0.0579. The molecule has 0 aliphatic carbocycles. The molecule has 29 heavy (non-hydrogen) atoms. The molecule has 2 aliphatic heterocycles. The van der Waals surface area contributed by atoms with E-state index in [1.807, 2.05) is 25.1 Å². The molecule has 1 fully saturated rings. The Balaban J connectivity index is 1.50. The lowest BCUT2D eigenvalue weighted by Gasteiger charge is -2.46. The third-order valence-electron chi connectivity index (χ3n) is 5.78. The predicted octanol–water partition coefficient (Wildman–Crippen LogP) is 3.00. The predicted molar refractivity (Wildman–Crippen MR) is 108 cm³/mol. The van der Waals surface area contributed by atoms with E-state index in [9.17, 15) is 19.7 Å². The van der Waals surface area contributed by atoms with Crippen LogP contribution in [0.1, 0.15) is 44.7 Å². The van der Waals surface area contributed by atoms with Crippen molar-refractivity contribution in [3.8, 4) is 0 Å². The number of carbonyl (C=O) groups is 2. The molecule has 8 nitrogen and oxygen atoms in total. The van der Waals surface area contributed by atoms with Crippen molar-refractivity contribution >= 4 is 23.2 Å². The quantitative estimate of drug-likeness (QED) is 0.602. The highest BCUT2D eigenvalue weighted by atomic mass is 16.6. The Bertz CT molecular complexity index is 1030. The number of anilines is 1. The number of nitro benzene ring substituents is 1. The molecule has 0 aromatic heterocycles. The molecule has 2 heterocycles. The van der Waals surface area contributed by atoms with Crippen molar-refractivity contribution in [2.45, 2.75) is 32.4 Å². The second-order valence-electron chi connectivity index (χ2n) is 7.71. The van der Waals surface area contributed by atoms with Crippen molar-refractivity contribution in [1.29, 1.82) is 0 Å². The normalized spacial score (nSPS) is 17.3. The van der Waals surface area contributed by atoms with E-state index < -0.39 is 10.6 Å². The lowest BCUT2D eigenvalue weighted by Crippen LogP contribution is -2.62. The van der Waals surface area contributed by atoms with Gasteiger partial charge >= 0.3 is 0 Å². The van der Waals surface area contributed by atoms with Gasteiger partial charge in [-0.25, -0.2) is 0 Å². The van der Waals surface area contributed by atoms with Crippen LogP contribution in [0.2, 0.25) is 0 Å². The summed E-state index contributed by atoms with van der Waals surface area (Å²) in [4.78, 5) is 37.9. The molecule has 8 heteroatoms. The lowest BCUT2D eigenvalue weighted by molar-refractivity contribution is -0.385. The van der Waals surface area contributed by atoms with Crippen LogP contribution in [0.15, 0.2) is 36.4 Å². The highest BCUT2D eigenvalue weighted by Crippen LogP contribution is 2.33. The monoisotopic (exact) mass is 394 g/mol. The van der Waals surface area contributed by atoms with Gasteiger partial charge in [-0.05, 0) is 31.5 Å². The number of likely N-dealkylation sites (tertiary alicyclic amines) is 1. The van der Waals surface area contributed by atoms with Crippen molar-refractivity contribution in [2.75, 3.05) is 18.4 Å². The summed E-state index contributed by atoms with van der Waals surface area (Å²) in [5.41, 5.74) is 2.56. The van der Waals surface area contributed by atoms with E-state index in [4.69, 9.17) is 0 Å². The van der Waals surface area contributed by atoms with Crippen LogP contribution in [0, 0.1) is 24.0 Å². The van der Waals surface area contributed by atoms with E-state index in [1.165, 1.54) is 6.07 Å². The fourth-order valence-corrected chi connectivity index (χ4v) is 4.11. The van der Waals surface area contributed by atoms with Crippen LogP contribution >= 0.6 is 0 Å². The fraction of sp³-hybridized carbons (Fsp3) is 0.333. The Morgan fingerprint density at radius 2 is 1.83 bits per heavy atom. The molecular formula is C21H22N4O4. The first kappa shape index (κ1) is 18.9. The van der Waals surface area contributed by atoms with Crippen molar-refractivity contribution in [3.05, 3.63) is 68.8 Å². The minimum atomic E-state index is -0.589. The van der Waals surface area contributed by atoms with E-state index >= 15 is 0 Å². The minimum Gasteiger partial charge on any atom is -0.362 e. The Labute approximate surface area is 168 Å². The van der Waals surface area contributed by atoms with Gasteiger partial charge in [-0.1, -0.05) is 18.2 Å². The van der Waals surface area contributed by atoms with Gasteiger partial charge in [-0.15, -0.1) is 0 Å². The number of nitrogens with one attached hydrogen (secondary N) is 2. The zero-order valence-electron chi connectivity index (χ0n) is 16.3. The number of hydrogen-bond acceptors (Lipinski definition) is 5. The largest absolute Gasteiger partial charge is 0.362 e. The summed E-state index contributed by atoms with van der Waals surface area (Å²) in [6.07, 6.45) is 1.09. The first-order valence-corrected chi connectivity index (χ1v) is 9.54. The fourth-order valence-electron chi connectivity index (χ4n) is 4.11. The Kier molecular flexibility index (Phi) is 4.49. The van der Waals surface area contributed by atoms with Crippen LogP contribution in [-0.4, -0.2) is 40.4 Å². The number of nitrogens with zero attached hydrogens (tertiary/aromatic N) is 2. The third-order valence-corrected chi connectivity index (χ3v) is 5.78. The molecular weight excluding hydrogens is 372 g/mol. The van der Waals surface area contributed by atoms with Crippen LogP contribution < -0.4 is 10.6 Å². The first-order valence-electron chi connectivity index (χ1n) is 9.54. The molecule has 2 aromatic carbocycles. The van der Waals surface area contributed by atoms with Crippen LogP contribution in [0.4, 0.5) is 11.4 Å². The number of piperidine rings is 1. The first-order chi connectivity index (χ1) is 13.8. The van der Waals surface area contributed by atoms with E-state index in [0.717, 1.165) is 11.3 Å². The summed E-state index contributed by atoms with van der Waals surface area (Å²) in [6, 6.07) is 10.3. The number of nitro groups is 1. The van der Waals surface area contributed by atoms with Gasteiger partial charge < -0.3 is 15.5 Å². The standard InChI is InChI=1S/C21H22N4O4/c1-13-6-7-15(12-17(13)25(28)29)20(27)24-10-8-21(9-11-24)22-16-5-3-4-14(2)18(16)19(26)23-21/h3-7,12,22H,8-11H2,1-2H3,(H,23,26). The molecule has 0 bridgehead atoms. The molecule has 0 saturated carbocycles. The molecule has 150 valence electrons. The summed E-state index contributed by atoms with van der Waals surface area (Å²) >= 11 is 0. The SMILES string of the molecule is Cc1ccc(C(=O)N2CCC3(CC2)NC(=O)c2c(C)cccc2N3)cc1[N+](=O)[O-]. The van der Waals surface area contributed by atoms with Crippen molar-refractivity contribution in [1.82, 2.24) is 10.2 Å². The van der Waals surface area contributed by atoms with Crippen molar-refractivity contribution < 1.29 is 14.5 Å². The van der Waals surface area contributed by atoms with Crippen molar-refractivity contribution in [3.63, 3.8) is 0 Å². The zero-order chi connectivity index (χ0) is 20.8. The van der Waals surface area contributed by atoms with Gasteiger partial charge in [0.15, 0.2) is 0 Å². The van der Waals surface area contributed by atoms with Crippen molar-refractivity contribution in [2.24, 2.45) is 0 Å². The summed E-state index contributed by atoms with van der Waals surface area (Å²) in [5.74, 6) is -0.341. The van der Waals surface area contributed by atoms with Crippen LogP contribution in [0.25, 0.3) is 0 Å². The molecule has 2 N–H and O–H groups in total.